The molecule has 0 spiro atoms. The summed E-state index contributed by atoms with van der Waals surface area (Å²) in [5.74, 6) is 3.33. The van der Waals surface area contributed by atoms with Crippen LogP contribution in [0.1, 0.15) is 49.7 Å². The summed E-state index contributed by atoms with van der Waals surface area (Å²) < 4.78 is 11.6. The van der Waals surface area contributed by atoms with Crippen molar-refractivity contribution in [3.05, 3.63) is 29.3 Å². The molecule has 2 saturated carbocycles. The molecule has 2 aliphatic carbocycles. The highest BCUT2D eigenvalue weighted by Crippen LogP contribution is 2.56. The molecule has 1 aromatic carbocycles. The molecule has 1 unspecified atom stereocenters. The summed E-state index contributed by atoms with van der Waals surface area (Å²) in [5, 5.41) is 7.08. The molecule has 0 radical (unpaired) electrons. The molecule has 162 valence electrons. The van der Waals surface area contributed by atoms with Crippen molar-refractivity contribution in [2.75, 3.05) is 33.4 Å². The lowest BCUT2D eigenvalue weighted by molar-refractivity contribution is 0.106. The van der Waals surface area contributed by atoms with Gasteiger partial charge in [-0.15, -0.1) is 24.0 Å². The van der Waals surface area contributed by atoms with Gasteiger partial charge in [-0.2, -0.15) is 0 Å². The smallest absolute Gasteiger partial charge is 0.191 e. The van der Waals surface area contributed by atoms with Gasteiger partial charge in [0, 0.05) is 38.2 Å². The number of rotatable bonds is 8. The number of guanidine groups is 1. The van der Waals surface area contributed by atoms with E-state index in [1.807, 2.05) is 7.05 Å². The zero-order valence-corrected chi connectivity index (χ0v) is 20.2. The first kappa shape index (κ1) is 22.7. The van der Waals surface area contributed by atoms with E-state index in [0.717, 1.165) is 50.4 Å². The first-order valence-corrected chi connectivity index (χ1v) is 10.9. The largest absolute Gasteiger partial charge is 0.493 e. The third-order valence-corrected chi connectivity index (χ3v) is 6.79. The molecule has 1 heterocycles. The van der Waals surface area contributed by atoms with Crippen LogP contribution in [-0.4, -0.2) is 39.4 Å². The van der Waals surface area contributed by atoms with E-state index in [1.54, 1.807) is 0 Å². The Labute approximate surface area is 192 Å². The van der Waals surface area contributed by atoms with Gasteiger partial charge in [-0.3, -0.25) is 4.99 Å². The molecule has 1 saturated heterocycles. The van der Waals surface area contributed by atoms with Crippen LogP contribution in [0.2, 0.25) is 0 Å². The second-order valence-electron chi connectivity index (χ2n) is 8.92. The molecule has 4 rings (SSSR count). The van der Waals surface area contributed by atoms with E-state index in [2.05, 4.69) is 40.7 Å². The number of aryl methyl sites for hydroxylation is 1. The Bertz CT molecular complexity index is 695. The van der Waals surface area contributed by atoms with Gasteiger partial charge in [-0.25, -0.2) is 0 Å². The van der Waals surface area contributed by atoms with Crippen molar-refractivity contribution in [2.24, 2.45) is 22.2 Å². The Hall–Kier alpha value is -1.02. The molecule has 6 heteroatoms. The first-order valence-electron chi connectivity index (χ1n) is 10.9. The second-order valence-corrected chi connectivity index (χ2v) is 8.92. The zero-order valence-electron chi connectivity index (χ0n) is 17.8. The summed E-state index contributed by atoms with van der Waals surface area (Å²) in [5.41, 5.74) is 2.94. The predicted molar refractivity (Wildman–Crippen MR) is 128 cm³/mol. The van der Waals surface area contributed by atoms with Gasteiger partial charge in [-0.1, -0.05) is 18.6 Å². The molecule has 1 aromatic rings. The minimum absolute atomic E-state index is 0. The number of nitrogens with zero attached hydrogens (tertiary/aromatic N) is 1. The molecular formula is C23H36IN3O2. The van der Waals surface area contributed by atoms with Gasteiger partial charge in [0.25, 0.3) is 0 Å². The molecule has 1 aliphatic heterocycles. The molecule has 0 aromatic heterocycles. The van der Waals surface area contributed by atoms with Crippen LogP contribution in [0.3, 0.4) is 0 Å². The topological polar surface area (TPSA) is 54.9 Å². The monoisotopic (exact) mass is 513 g/mol. The van der Waals surface area contributed by atoms with Crippen LogP contribution < -0.4 is 15.4 Å². The number of ether oxygens (including phenoxy) is 2. The zero-order chi connectivity index (χ0) is 19.4. The van der Waals surface area contributed by atoms with Crippen LogP contribution in [-0.2, 0) is 11.3 Å². The number of halogens is 1. The van der Waals surface area contributed by atoms with Crippen LogP contribution in [0.5, 0.6) is 5.75 Å². The predicted octanol–water partition coefficient (Wildman–Crippen LogP) is 4.27. The Balaban J connectivity index is 0.00000240. The van der Waals surface area contributed by atoms with Gasteiger partial charge in [0.1, 0.15) is 5.75 Å². The van der Waals surface area contributed by atoms with E-state index in [1.165, 1.54) is 43.2 Å². The molecule has 3 fully saturated rings. The molecule has 0 bridgehead atoms. The molecule has 0 amide bonds. The number of hydrogen-bond acceptors (Lipinski definition) is 3. The van der Waals surface area contributed by atoms with Crippen LogP contribution in [0.15, 0.2) is 23.2 Å². The average molecular weight is 513 g/mol. The van der Waals surface area contributed by atoms with E-state index in [-0.39, 0.29) is 24.0 Å². The second kappa shape index (κ2) is 10.3. The van der Waals surface area contributed by atoms with Crippen molar-refractivity contribution in [3.8, 4) is 5.75 Å². The normalized spacial score (nSPS) is 23.1. The van der Waals surface area contributed by atoms with Gasteiger partial charge >= 0.3 is 0 Å². The summed E-state index contributed by atoms with van der Waals surface area (Å²) >= 11 is 0. The quantitative estimate of drug-likeness (QED) is 0.310. The van der Waals surface area contributed by atoms with E-state index in [4.69, 9.17) is 9.47 Å². The lowest BCUT2D eigenvalue weighted by Crippen LogP contribution is -2.47. The fourth-order valence-corrected chi connectivity index (χ4v) is 4.58. The van der Waals surface area contributed by atoms with E-state index in [9.17, 15) is 0 Å². The molecular weight excluding hydrogens is 477 g/mol. The van der Waals surface area contributed by atoms with E-state index >= 15 is 0 Å². The van der Waals surface area contributed by atoms with Gasteiger partial charge < -0.3 is 20.1 Å². The fourth-order valence-electron chi connectivity index (χ4n) is 4.58. The van der Waals surface area contributed by atoms with Crippen LogP contribution in [0, 0.1) is 24.2 Å². The molecule has 3 aliphatic rings. The van der Waals surface area contributed by atoms with E-state index < -0.39 is 0 Å². The molecule has 1 atom stereocenters. The molecule has 2 N–H and O–H groups in total. The summed E-state index contributed by atoms with van der Waals surface area (Å²) in [6.07, 6.45) is 8.08. The number of benzene rings is 1. The number of nitrogens with one attached hydrogen (secondary N) is 2. The standard InChI is InChI=1S/C23H35N3O2.HI/c1-17-4-5-19(21(12-17)28-15-18-8-11-27-14-18)13-25-22(24-2)26-16-23(9-3-10-23)20-6-7-20;/h4-5,12,18,20H,3,6-11,13-16H2,1-2H3,(H2,24,25,26);1H. The Kier molecular flexibility index (Phi) is 8.07. The minimum atomic E-state index is 0. The van der Waals surface area contributed by atoms with Crippen molar-refractivity contribution in [1.29, 1.82) is 0 Å². The Morgan fingerprint density at radius 2 is 2.07 bits per heavy atom. The van der Waals surface area contributed by atoms with Gasteiger partial charge in [0.15, 0.2) is 5.96 Å². The highest BCUT2D eigenvalue weighted by molar-refractivity contribution is 14.0. The maximum Gasteiger partial charge on any atom is 0.191 e. The van der Waals surface area contributed by atoms with E-state index in [0.29, 0.717) is 17.9 Å². The highest BCUT2D eigenvalue weighted by Gasteiger charge is 2.48. The molecule has 29 heavy (non-hydrogen) atoms. The van der Waals surface area contributed by atoms with Gasteiger partial charge in [0.2, 0.25) is 0 Å². The van der Waals surface area contributed by atoms with Crippen LogP contribution in [0.25, 0.3) is 0 Å². The maximum absolute atomic E-state index is 6.17. The third kappa shape index (κ3) is 5.78. The van der Waals surface area contributed by atoms with Crippen molar-refractivity contribution in [2.45, 2.75) is 52.0 Å². The highest BCUT2D eigenvalue weighted by atomic mass is 127. The summed E-state index contributed by atoms with van der Waals surface area (Å²) in [6.45, 7) is 6.29. The summed E-state index contributed by atoms with van der Waals surface area (Å²) in [6, 6.07) is 6.45. The van der Waals surface area contributed by atoms with Gasteiger partial charge in [-0.05, 0) is 62.0 Å². The van der Waals surface area contributed by atoms with Gasteiger partial charge in [0.05, 0.1) is 13.2 Å². The molecule has 5 nitrogen and oxygen atoms in total. The fraction of sp³-hybridized carbons (Fsp3) is 0.696. The summed E-state index contributed by atoms with van der Waals surface area (Å²) in [7, 11) is 1.85. The van der Waals surface area contributed by atoms with Crippen molar-refractivity contribution < 1.29 is 9.47 Å². The van der Waals surface area contributed by atoms with Crippen molar-refractivity contribution in [3.63, 3.8) is 0 Å². The number of aliphatic imine (C=N–C) groups is 1. The van der Waals surface area contributed by atoms with Crippen molar-refractivity contribution >= 4 is 29.9 Å². The lowest BCUT2D eigenvalue weighted by atomic mass is 9.65. The first-order chi connectivity index (χ1) is 13.7. The Morgan fingerprint density at radius 1 is 1.24 bits per heavy atom. The Morgan fingerprint density at radius 3 is 2.69 bits per heavy atom. The van der Waals surface area contributed by atoms with Crippen molar-refractivity contribution in [1.82, 2.24) is 10.6 Å². The maximum atomic E-state index is 6.17. The van der Waals surface area contributed by atoms with Crippen LogP contribution in [0.4, 0.5) is 0 Å². The minimum Gasteiger partial charge on any atom is -0.493 e. The SMILES string of the molecule is CN=C(NCc1ccc(C)cc1OCC1CCOC1)NCC1(C2CC2)CCC1.I. The van der Waals surface area contributed by atoms with Crippen LogP contribution >= 0.6 is 24.0 Å². The third-order valence-electron chi connectivity index (χ3n) is 6.79. The lowest BCUT2D eigenvalue weighted by Gasteiger charge is -2.43. The number of hydrogen-bond donors (Lipinski definition) is 2. The average Bonchev–Trinajstić information content (AvgIpc) is 3.38. The summed E-state index contributed by atoms with van der Waals surface area (Å²) in [4.78, 5) is 4.44.